The number of pyridine rings is 1. The summed E-state index contributed by atoms with van der Waals surface area (Å²) in [7, 11) is 0. The molecule has 6 nitrogen and oxygen atoms in total. The lowest BCUT2D eigenvalue weighted by Crippen LogP contribution is -2.37. The molecule has 0 unspecified atom stereocenters. The molecule has 0 fully saturated rings. The van der Waals surface area contributed by atoms with Gasteiger partial charge in [-0.2, -0.15) is 0 Å². The smallest absolute Gasteiger partial charge is 0.255 e. The minimum atomic E-state index is -1.60. The number of hydrogen-bond donors (Lipinski definition) is 3. The van der Waals surface area contributed by atoms with Gasteiger partial charge in [0, 0.05) is 22.1 Å². The number of aromatic nitrogens is 2. The predicted molar refractivity (Wildman–Crippen MR) is 101 cm³/mol. The molecule has 2 heterocycles. The average Bonchev–Trinajstić information content (AvgIpc) is 2.90. The van der Waals surface area contributed by atoms with Gasteiger partial charge < -0.3 is 15.4 Å². The summed E-state index contributed by atoms with van der Waals surface area (Å²) in [5.74, 6) is -0.994. The van der Waals surface area contributed by atoms with Crippen LogP contribution >= 0.6 is 11.6 Å². The second kappa shape index (κ2) is 6.55. The fourth-order valence-electron chi connectivity index (χ4n) is 2.52. The molecular weight excluding hydrogens is 354 g/mol. The van der Waals surface area contributed by atoms with E-state index in [-0.39, 0.29) is 22.9 Å². The molecule has 3 aromatic rings. The Kier molecular flexibility index (Phi) is 4.56. The molecule has 1 amide bonds. The van der Waals surface area contributed by atoms with Crippen molar-refractivity contribution in [2.75, 3.05) is 5.32 Å². The van der Waals surface area contributed by atoms with Gasteiger partial charge in [-0.3, -0.25) is 14.6 Å². The number of rotatable bonds is 4. The van der Waals surface area contributed by atoms with Crippen molar-refractivity contribution >= 4 is 39.9 Å². The first-order valence-corrected chi connectivity index (χ1v) is 8.37. The Morgan fingerprint density at radius 1 is 1.23 bits per heavy atom. The number of aliphatic hydroxyl groups is 1. The lowest BCUT2D eigenvalue weighted by atomic mass is 10.1. The van der Waals surface area contributed by atoms with E-state index < -0.39 is 11.5 Å². The lowest BCUT2D eigenvalue weighted by Gasteiger charge is -2.17. The number of H-pyrrole nitrogens is 1. The molecular formula is C19H18ClN3O3. The van der Waals surface area contributed by atoms with Gasteiger partial charge in [0.25, 0.3) is 5.91 Å². The van der Waals surface area contributed by atoms with E-state index in [0.717, 1.165) is 5.56 Å². The first-order valence-electron chi connectivity index (χ1n) is 7.99. The van der Waals surface area contributed by atoms with Crippen molar-refractivity contribution in [3.05, 3.63) is 58.5 Å². The highest BCUT2D eigenvalue weighted by molar-refractivity contribution is 6.31. The Morgan fingerprint density at radius 3 is 2.62 bits per heavy atom. The number of nitrogens with one attached hydrogen (secondary N) is 2. The van der Waals surface area contributed by atoms with Crippen molar-refractivity contribution in [1.29, 1.82) is 0 Å². The van der Waals surface area contributed by atoms with Gasteiger partial charge in [-0.25, -0.2) is 0 Å². The third-order valence-electron chi connectivity index (χ3n) is 3.93. The molecule has 134 valence electrons. The second-order valence-electron chi connectivity index (χ2n) is 6.63. The normalized spacial score (nSPS) is 11.6. The molecule has 0 saturated carbocycles. The Labute approximate surface area is 155 Å². The van der Waals surface area contributed by atoms with Crippen LogP contribution in [0.1, 0.15) is 35.6 Å². The number of benzene rings is 1. The summed E-state index contributed by atoms with van der Waals surface area (Å²) in [6.07, 6.45) is 1.55. The van der Waals surface area contributed by atoms with Gasteiger partial charge in [-0.15, -0.1) is 0 Å². The van der Waals surface area contributed by atoms with Crippen LogP contribution in [-0.2, 0) is 4.79 Å². The molecule has 3 rings (SSSR count). The number of fused-ring (bicyclic) bond motifs is 1. The number of hydrogen-bond acceptors (Lipinski definition) is 4. The molecule has 0 aliphatic carbocycles. The number of anilines is 1. The van der Waals surface area contributed by atoms with Crippen LogP contribution in [0, 0.1) is 6.92 Å². The number of carbonyl (C=O) groups excluding carboxylic acids is 2. The first kappa shape index (κ1) is 18.1. The lowest BCUT2D eigenvalue weighted by molar-refractivity contribution is -0.130. The maximum Gasteiger partial charge on any atom is 0.255 e. The number of aromatic amines is 1. The van der Waals surface area contributed by atoms with Gasteiger partial charge in [0.2, 0.25) is 5.78 Å². The summed E-state index contributed by atoms with van der Waals surface area (Å²) in [4.78, 5) is 32.4. The van der Waals surface area contributed by atoms with Crippen molar-refractivity contribution in [3.63, 3.8) is 0 Å². The van der Waals surface area contributed by atoms with Crippen LogP contribution in [0.4, 0.5) is 5.69 Å². The van der Waals surface area contributed by atoms with Crippen molar-refractivity contribution < 1.29 is 14.7 Å². The zero-order chi connectivity index (χ0) is 19.1. The van der Waals surface area contributed by atoms with Crippen molar-refractivity contribution in [3.8, 4) is 0 Å². The summed E-state index contributed by atoms with van der Waals surface area (Å²) in [6.45, 7) is 4.61. The number of nitrogens with zero attached hydrogens (tertiary/aromatic N) is 1. The molecule has 3 N–H and O–H groups in total. The number of amides is 1. The Bertz CT molecular complexity index is 1020. The molecule has 2 aromatic heterocycles. The molecule has 0 aliphatic heterocycles. The van der Waals surface area contributed by atoms with E-state index in [2.05, 4.69) is 15.3 Å². The van der Waals surface area contributed by atoms with E-state index >= 15 is 0 Å². The monoisotopic (exact) mass is 371 g/mol. The van der Waals surface area contributed by atoms with E-state index in [9.17, 15) is 14.7 Å². The van der Waals surface area contributed by atoms with Gasteiger partial charge in [0.05, 0.1) is 5.69 Å². The Balaban J connectivity index is 2.16. The van der Waals surface area contributed by atoms with Gasteiger partial charge in [0.1, 0.15) is 17.0 Å². The van der Waals surface area contributed by atoms with Crippen LogP contribution in [0.25, 0.3) is 10.9 Å². The van der Waals surface area contributed by atoms with Crippen LogP contribution in [0.5, 0.6) is 0 Å². The molecule has 0 spiro atoms. The molecule has 0 atom stereocenters. The van der Waals surface area contributed by atoms with Gasteiger partial charge in [0.15, 0.2) is 0 Å². The zero-order valence-electron chi connectivity index (χ0n) is 14.6. The number of carbonyl (C=O) groups is 2. The van der Waals surface area contributed by atoms with E-state index in [4.69, 9.17) is 11.6 Å². The van der Waals surface area contributed by atoms with Crippen LogP contribution in [0.2, 0.25) is 5.02 Å². The molecule has 1 aromatic carbocycles. The Morgan fingerprint density at radius 2 is 1.96 bits per heavy atom. The Hall–Kier alpha value is -2.70. The van der Waals surface area contributed by atoms with Gasteiger partial charge in [-0.1, -0.05) is 11.6 Å². The second-order valence-corrected chi connectivity index (χ2v) is 7.06. The average molecular weight is 372 g/mol. The third kappa shape index (κ3) is 3.47. The maximum absolute atomic E-state index is 13.0. The number of halogens is 1. The van der Waals surface area contributed by atoms with Gasteiger partial charge >= 0.3 is 0 Å². The summed E-state index contributed by atoms with van der Waals surface area (Å²) < 4.78 is 0. The van der Waals surface area contributed by atoms with E-state index in [1.54, 1.807) is 36.5 Å². The van der Waals surface area contributed by atoms with Crippen LogP contribution in [-0.4, -0.2) is 32.4 Å². The van der Waals surface area contributed by atoms with Crippen LogP contribution < -0.4 is 5.32 Å². The summed E-state index contributed by atoms with van der Waals surface area (Å²) in [6, 6.07) is 8.49. The fourth-order valence-corrected chi connectivity index (χ4v) is 2.70. The van der Waals surface area contributed by atoms with Crippen molar-refractivity contribution in [2.24, 2.45) is 0 Å². The summed E-state index contributed by atoms with van der Waals surface area (Å²) >= 11 is 6.03. The third-order valence-corrected chi connectivity index (χ3v) is 4.17. The molecule has 7 heteroatoms. The SMILES string of the molecule is Cc1ccnc(C(=O)c2[nH]c3cc(Cl)ccc3c2NC(=O)C(C)(C)O)c1. The standard InChI is InChI=1S/C19H18ClN3O3/c1-10-6-7-21-14(8-10)17(24)16-15(23-18(25)19(2,3)26)12-5-4-11(20)9-13(12)22-16/h4-9,22,26H,1-3H3,(H,23,25). The van der Waals surface area contributed by atoms with Crippen molar-refractivity contribution in [1.82, 2.24) is 9.97 Å². The highest BCUT2D eigenvalue weighted by Gasteiger charge is 2.28. The highest BCUT2D eigenvalue weighted by Crippen LogP contribution is 2.31. The molecule has 0 radical (unpaired) electrons. The first-order chi connectivity index (χ1) is 12.2. The predicted octanol–water partition coefficient (Wildman–Crippen LogP) is 3.47. The van der Waals surface area contributed by atoms with E-state index in [1.807, 2.05) is 6.92 Å². The summed E-state index contributed by atoms with van der Waals surface area (Å²) in [5, 5.41) is 13.7. The molecule has 0 bridgehead atoms. The topological polar surface area (TPSA) is 95.1 Å². The summed E-state index contributed by atoms with van der Waals surface area (Å²) in [5.41, 5.74) is 0.610. The maximum atomic E-state index is 13.0. The minimum Gasteiger partial charge on any atom is -0.381 e. The van der Waals surface area contributed by atoms with Crippen LogP contribution in [0.15, 0.2) is 36.5 Å². The zero-order valence-corrected chi connectivity index (χ0v) is 15.3. The van der Waals surface area contributed by atoms with Gasteiger partial charge in [-0.05, 0) is 56.7 Å². The molecule has 0 aliphatic rings. The highest BCUT2D eigenvalue weighted by atomic mass is 35.5. The number of ketones is 1. The molecule has 0 saturated heterocycles. The quantitative estimate of drug-likeness (QED) is 0.612. The van der Waals surface area contributed by atoms with E-state index in [1.165, 1.54) is 13.8 Å². The van der Waals surface area contributed by atoms with Crippen LogP contribution in [0.3, 0.4) is 0 Å². The van der Waals surface area contributed by atoms with E-state index in [0.29, 0.717) is 15.9 Å². The van der Waals surface area contributed by atoms with Crippen molar-refractivity contribution in [2.45, 2.75) is 26.4 Å². The number of aryl methyl sites for hydroxylation is 1. The molecule has 26 heavy (non-hydrogen) atoms. The largest absolute Gasteiger partial charge is 0.381 e. The fraction of sp³-hybridized carbons (Fsp3) is 0.211. The minimum absolute atomic E-state index is 0.179.